The highest BCUT2D eigenvalue weighted by atomic mass is 19.1. The molecule has 5 heteroatoms. The van der Waals surface area contributed by atoms with Crippen molar-refractivity contribution in [3.8, 4) is 5.88 Å². The molecular formula is C13H11FN2O2. The van der Waals surface area contributed by atoms with Crippen LogP contribution in [0.3, 0.4) is 0 Å². The number of aromatic nitrogens is 2. The van der Waals surface area contributed by atoms with E-state index in [0.29, 0.717) is 17.0 Å². The van der Waals surface area contributed by atoms with Crippen LogP contribution < -0.4 is 4.74 Å². The number of carbonyl (C=O) groups excluding carboxylic acids is 1. The Hall–Kier alpha value is -2.30. The summed E-state index contributed by atoms with van der Waals surface area (Å²) in [5.74, 6) is -0.321. The Morgan fingerprint density at radius 2 is 2.06 bits per heavy atom. The second kappa shape index (κ2) is 4.91. The summed E-state index contributed by atoms with van der Waals surface area (Å²) in [5, 5.41) is 0. The maximum absolute atomic E-state index is 13.1. The van der Waals surface area contributed by atoms with E-state index in [0.717, 1.165) is 0 Å². The number of ketones is 1. The van der Waals surface area contributed by atoms with E-state index in [9.17, 15) is 9.18 Å². The Bertz CT molecular complexity index is 599. The molecule has 0 atom stereocenters. The zero-order valence-corrected chi connectivity index (χ0v) is 9.98. The molecule has 92 valence electrons. The lowest BCUT2D eigenvalue weighted by Crippen LogP contribution is -2.05. The number of aryl methyl sites for hydroxylation is 1. The van der Waals surface area contributed by atoms with Crippen LogP contribution in [0.25, 0.3) is 0 Å². The molecule has 0 saturated heterocycles. The van der Waals surface area contributed by atoms with Crippen molar-refractivity contribution < 1.29 is 13.9 Å². The molecule has 1 heterocycles. The van der Waals surface area contributed by atoms with Gasteiger partial charge in [-0.3, -0.25) is 4.79 Å². The van der Waals surface area contributed by atoms with E-state index in [2.05, 4.69) is 9.97 Å². The van der Waals surface area contributed by atoms with Gasteiger partial charge in [0.2, 0.25) is 11.7 Å². The van der Waals surface area contributed by atoms with E-state index < -0.39 is 0 Å². The number of hydrogen-bond donors (Lipinski definition) is 0. The molecule has 2 aromatic rings. The van der Waals surface area contributed by atoms with Crippen molar-refractivity contribution in [3.05, 3.63) is 53.2 Å². The van der Waals surface area contributed by atoms with Crippen molar-refractivity contribution in [1.82, 2.24) is 9.97 Å². The number of halogens is 1. The van der Waals surface area contributed by atoms with Crippen molar-refractivity contribution in [2.45, 2.75) is 6.92 Å². The van der Waals surface area contributed by atoms with Gasteiger partial charge in [0.1, 0.15) is 17.8 Å². The fraction of sp³-hybridized carbons (Fsp3) is 0.154. The topological polar surface area (TPSA) is 52.1 Å². The van der Waals surface area contributed by atoms with E-state index in [1.165, 1.54) is 37.7 Å². The average molecular weight is 246 g/mol. The van der Waals surface area contributed by atoms with E-state index in [4.69, 9.17) is 4.74 Å². The Morgan fingerprint density at radius 3 is 2.72 bits per heavy atom. The average Bonchev–Trinajstić information content (AvgIpc) is 2.41. The molecule has 4 nitrogen and oxygen atoms in total. The molecule has 2 rings (SSSR count). The summed E-state index contributed by atoms with van der Waals surface area (Å²) < 4.78 is 18.0. The number of hydrogen-bond acceptors (Lipinski definition) is 4. The van der Waals surface area contributed by atoms with E-state index >= 15 is 0 Å². The molecule has 0 aliphatic rings. The van der Waals surface area contributed by atoms with Crippen LogP contribution >= 0.6 is 0 Å². The van der Waals surface area contributed by atoms with Crippen LogP contribution in [0.2, 0.25) is 0 Å². The first kappa shape index (κ1) is 12.2. The first-order chi connectivity index (χ1) is 8.61. The lowest BCUT2D eigenvalue weighted by atomic mass is 10.1. The van der Waals surface area contributed by atoms with Gasteiger partial charge in [0, 0.05) is 11.6 Å². The molecule has 1 aromatic carbocycles. The second-order valence-corrected chi connectivity index (χ2v) is 3.74. The predicted molar refractivity (Wildman–Crippen MR) is 63.2 cm³/mol. The van der Waals surface area contributed by atoms with Crippen LogP contribution in [0, 0.1) is 12.7 Å². The second-order valence-electron chi connectivity index (χ2n) is 3.74. The third-order valence-electron chi connectivity index (χ3n) is 2.50. The Morgan fingerprint density at radius 1 is 1.28 bits per heavy atom. The Labute approximate surface area is 103 Å². The van der Waals surface area contributed by atoms with Gasteiger partial charge in [-0.05, 0) is 30.7 Å². The normalized spacial score (nSPS) is 10.2. The van der Waals surface area contributed by atoms with Gasteiger partial charge >= 0.3 is 0 Å². The van der Waals surface area contributed by atoms with Crippen LogP contribution in [-0.4, -0.2) is 22.9 Å². The molecule has 0 spiro atoms. The van der Waals surface area contributed by atoms with Gasteiger partial charge in [-0.25, -0.2) is 14.4 Å². The summed E-state index contributed by atoms with van der Waals surface area (Å²) in [6.07, 6.45) is 1.25. The highest BCUT2D eigenvalue weighted by Gasteiger charge is 2.13. The smallest absolute Gasteiger partial charge is 0.216 e. The molecule has 0 amide bonds. The Balaban J connectivity index is 2.38. The van der Waals surface area contributed by atoms with Crippen LogP contribution in [0.5, 0.6) is 5.88 Å². The minimum Gasteiger partial charge on any atom is -0.481 e. The van der Waals surface area contributed by atoms with Gasteiger partial charge in [-0.1, -0.05) is 0 Å². The number of rotatable bonds is 3. The zero-order chi connectivity index (χ0) is 13.1. The molecule has 0 fully saturated rings. The fourth-order valence-electron chi connectivity index (χ4n) is 1.51. The summed E-state index contributed by atoms with van der Waals surface area (Å²) in [5.41, 5.74) is 1.02. The molecule has 18 heavy (non-hydrogen) atoms. The Kier molecular flexibility index (Phi) is 3.32. The summed E-state index contributed by atoms with van der Waals surface area (Å²) in [7, 11) is 1.46. The molecule has 0 aliphatic carbocycles. The first-order valence-electron chi connectivity index (χ1n) is 5.28. The minimum atomic E-state index is -0.341. The van der Waals surface area contributed by atoms with Crippen molar-refractivity contribution in [2.75, 3.05) is 7.11 Å². The van der Waals surface area contributed by atoms with Gasteiger partial charge in [0.05, 0.1) is 7.11 Å². The number of carbonyl (C=O) groups is 1. The molecule has 0 aliphatic heterocycles. The lowest BCUT2D eigenvalue weighted by molar-refractivity contribution is 0.103. The number of methoxy groups -OCH3 is 1. The predicted octanol–water partition coefficient (Wildman–Crippen LogP) is 2.16. The van der Waals surface area contributed by atoms with Crippen LogP contribution in [0.15, 0.2) is 30.6 Å². The molecule has 0 radical (unpaired) electrons. The summed E-state index contributed by atoms with van der Waals surface area (Å²) >= 11 is 0. The largest absolute Gasteiger partial charge is 0.481 e. The fourth-order valence-corrected chi connectivity index (χ4v) is 1.51. The minimum absolute atomic E-state index is 0.216. The summed E-state index contributed by atoms with van der Waals surface area (Å²) in [4.78, 5) is 19.8. The van der Waals surface area contributed by atoms with E-state index in [1.807, 2.05) is 0 Å². The van der Waals surface area contributed by atoms with Crippen LogP contribution in [0.4, 0.5) is 4.39 Å². The molecule has 0 saturated carbocycles. The van der Waals surface area contributed by atoms with Crippen molar-refractivity contribution >= 4 is 5.78 Å². The first-order valence-corrected chi connectivity index (χ1v) is 5.28. The summed E-state index contributed by atoms with van der Waals surface area (Å²) in [6.45, 7) is 1.60. The maximum Gasteiger partial charge on any atom is 0.216 e. The molecule has 0 unspecified atom stereocenters. The molecule has 0 N–H and O–H groups in total. The van der Waals surface area contributed by atoms with Gasteiger partial charge in [0.15, 0.2) is 0 Å². The number of ether oxygens (including phenoxy) is 1. The van der Waals surface area contributed by atoms with E-state index in [1.54, 1.807) is 6.92 Å². The quantitative estimate of drug-likeness (QED) is 0.779. The van der Waals surface area contributed by atoms with Gasteiger partial charge in [-0.15, -0.1) is 0 Å². The molecule has 1 aromatic heterocycles. The highest BCUT2D eigenvalue weighted by molar-refractivity contribution is 6.07. The third kappa shape index (κ3) is 2.34. The molecular weight excluding hydrogens is 235 g/mol. The molecule has 0 bridgehead atoms. The van der Waals surface area contributed by atoms with Crippen molar-refractivity contribution in [2.24, 2.45) is 0 Å². The SMILES string of the molecule is COc1cc(C(=O)c2ccc(F)c(C)c2)ncn1. The standard InChI is InChI=1S/C13H11FN2O2/c1-8-5-9(3-4-10(8)14)13(17)11-6-12(18-2)16-7-15-11/h3-7H,1-2H3. The highest BCUT2D eigenvalue weighted by Crippen LogP contribution is 2.14. The summed E-state index contributed by atoms with van der Waals surface area (Å²) in [6, 6.07) is 5.63. The number of nitrogens with zero attached hydrogens (tertiary/aromatic N) is 2. The van der Waals surface area contributed by atoms with Crippen molar-refractivity contribution in [3.63, 3.8) is 0 Å². The van der Waals surface area contributed by atoms with E-state index in [-0.39, 0.29) is 17.3 Å². The zero-order valence-electron chi connectivity index (χ0n) is 9.98. The van der Waals surface area contributed by atoms with Gasteiger partial charge in [0.25, 0.3) is 0 Å². The lowest BCUT2D eigenvalue weighted by Gasteiger charge is -2.03. The van der Waals surface area contributed by atoms with Crippen LogP contribution in [0.1, 0.15) is 21.6 Å². The van der Waals surface area contributed by atoms with Gasteiger partial charge < -0.3 is 4.74 Å². The van der Waals surface area contributed by atoms with Crippen molar-refractivity contribution in [1.29, 1.82) is 0 Å². The maximum atomic E-state index is 13.1. The van der Waals surface area contributed by atoms with Gasteiger partial charge in [-0.2, -0.15) is 0 Å². The monoisotopic (exact) mass is 246 g/mol. The number of benzene rings is 1. The van der Waals surface area contributed by atoms with Crippen LogP contribution in [-0.2, 0) is 0 Å². The third-order valence-corrected chi connectivity index (χ3v) is 2.50.